The van der Waals surface area contributed by atoms with Gasteiger partial charge >= 0.3 is 0 Å². The van der Waals surface area contributed by atoms with Crippen LogP contribution in [-0.2, 0) is 0 Å². The van der Waals surface area contributed by atoms with Gasteiger partial charge in [-0.05, 0) is 87.9 Å². The van der Waals surface area contributed by atoms with E-state index in [1.165, 1.54) is 89.9 Å². The maximum absolute atomic E-state index is 4.15. The van der Waals surface area contributed by atoms with Gasteiger partial charge in [-0.15, -0.1) is 0 Å². The van der Waals surface area contributed by atoms with E-state index >= 15 is 0 Å². The highest BCUT2D eigenvalue weighted by molar-refractivity contribution is 5.08. The summed E-state index contributed by atoms with van der Waals surface area (Å²) in [6, 6.07) is 6.11. The molecule has 0 aromatic rings. The lowest BCUT2D eigenvalue weighted by atomic mass is 9.56. The zero-order chi connectivity index (χ0) is 19.7. The van der Waals surface area contributed by atoms with Crippen LogP contribution in [0.15, 0.2) is 0 Å². The SMILES string of the molecule is C1CCC2NC3CC4CC5CC6NC7CCCCC7NC6CC5CC4CC3NC2C1. The van der Waals surface area contributed by atoms with Crippen LogP contribution in [0, 0.1) is 23.7 Å². The van der Waals surface area contributed by atoms with E-state index in [1.807, 2.05) is 0 Å². The largest absolute Gasteiger partial charge is 0.308 e. The molecule has 0 spiro atoms. The Morgan fingerprint density at radius 2 is 0.567 bits per heavy atom. The Kier molecular flexibility index (Phi) is 4.97. The summed E-state index contributed by atoms with van der Waals surface area (Å²) in [5.74, 6) is 3.99. The smallest absolute Gasteiger partial charge is 0.0227 e. The lowest BCUT2D eigenvalue weighted by Gasteiger charge is -2.57. The summed E-state index contributed by atoms with van der Waals surface area (Å²) in [5.41, 5.74) is 0. The van der Waals surface area contributed by atoms with Crippen LogP contribution in [0.1, 0.15) is 89.9 Å². The second kappa shape index (κ2) is 7.71. The molecule has 2 aliphatic heterocycles. The van der Waals surface area contributed by atoms with Crippen molar-refractivity contribution in [1.29, 1.82) is 0 Å². The number of piperazine rings is 2. The summed E-state index contributed by atoms with van der Waals surface area (Å²) in [7, 11) is 0. The first-order chi connectivity index (χ1) is 14.8. The topological polar surface area (TPSA) is 48.1 Å². The van der Waals surface area contributed by atoms with E-state index in [4.69, 9.17) is 0 Å². The van der Waals surface area contributed by atoms with Crippen LogP contribution >= 0.6 is 0 Å². The first kappa shape index (κ1) is 19.3. The highest BCUT2D eigenvalue weighted by atomic mass is 15.2. The van der Waals surface area contributed by atoms with Crippen LogP contribution < -0.4 is 21.3 Å². The lowest BCUT2D eigenvalue weighted by molar-refractivity contribution is -0.0136. The molecule has 0 aromatic carbocycles. The summed E-state index contributed by atoms with van der Waals surface area (Å²) in [6.07, 6.45) is 20.3. The fraction of sp³-hybridized carbons (Fsp3) is 1.00. The number of hydrogen-bond donors (Lipinski definition) is 4. The van der Waals surface area contributed by atoms with Crippen molar-refractivity contribution in [2.75, 3.05) is 0 Å². The number of rotatable bonds is 0. The molecule has 168 valence electrons. The van der Waals surface area contributed by atoms with E-state index in [-0.39, 0.29) is 0 Å². The van der Waals surface area contributed by atoms with Gasteiger partial charge in [0.05, 0.1) is 0 Å². The molecule has 7 aliphatic rings. The predicted octanol–water partition coefficient (Wildman–Crippen LogP) is 3.32. The molecule has 5 aliphatic carbocycles. The molecular weight excluding hydrogens is 368 g/mol. The monoisotopic (exact) mass is 412 g/mol. The number of hydrogen-bond acceptors (Lipinski definition) is 4. The maximum atomic E-state index is 4.15. The number of fused-ring (bicyclic) bond motifs is 6. The molecule has 4 nitrogen and oxygen atoms in total. The van der Waals surface area contributed by atoms with Crippen LogP contribution in [0.25, 0.3) is 0 Å². The average molecular weight is 413 g/mol. The predicted molar refractivity (Wildman–Crippen MR) is 121 cm³/mol. The van der Waals surface area contributed by atoms with E-state index in [0.29, 0.717) is 0 Å². The van der Waals surface area contributed by atoms with Crippen molar-refractivity contribution in [3.63, 3.8) is 0 Å². The minimum absolute atomic E-state index is 0.760. The van der Waals surface area contributed by atoms with Gasteiger partial charge in [-0.3, -0.25) is 0 Å². The molecule has 5 saturated carbocycles. The minimum Gasteiger partial charge on any atom is -0.308 e. The molecule has 12 unspecified atom stereocenters. The molecule has 4 heteroatoms. The summed E-state index contributed by atoms with van der Waals surface area (Å²) < 4.78 is 0. The van der Waals surface area contributed by atoms with Crippen LogP contribution in [-0.4, -0.2) is 48.3 Å². The Bertz CT molecular complexity index is 533. The van der Waals surface area contributed by atoms with E-state index in [9.17, 15) is 0 Å². The molecule has 0 bridgehead atoms. The summed E-state index contributed by atoms with van der Waals surface area (Å²) in [4.78, 5) is 0. The molecule has 4 N–H and O–H groups in total. The van der Waals surface area contributed by atoms with Gasteiger partial charge in [-0.1, -0.05) is 25.7 Å². The van der Waals surface area contributed by atoms with E-state index in [2.05, 4.69) is 21.3 Å². The summed E-state index contributed by atoms with van der Waals surface area (Å²) in [6.45, 7) is 0. The van der Waals surface area contributed by atoms with Crippen molar-refractivity contribution >= 4 is 0 Å². The Hall–Kier alpha value is -0.160. The lowest BCUT2D eigenvalue weighted by Crippen LogP contribution is -2.70. The zero-order valence-electron chi connectivity index (χ0n) is 18.8. The van der Waals surface area contributed by atoms with Gasteiger partial charge in [-0.25, -0.2) is 0 Å². The molecule has 0 radical (unpaired) electrons. The fourth-order valence-corrected chi connectivity index (χ4v) is 9.56. The van der Waals surface area contributed by atoms with Gasteiger partial charge in [0.2, 0.25) is 0 Å². The normalized spacial score (nSPS) is 57.6. The maximum Gasteiger partial charge on any atom is 0.0227 e. The standard InChI is InChI=1S/C26H44N4/c1-2-6-20-19(5-1)27-23-11-15-9-17-13-25-26(30-22-8-4-3-7-21(22)29-25)14-18(17)10-16(15)12-24(23)28-20/h15-30H,1-14H2. The third kappa shape index (κ3) is 3.31. The van der Waals surface area contributed by atoms with Gasteiger partial charge in [-0.2, -0.15) is 0 Å². The third-order valence-electron chi connectivity index (χ3n) is 11.0. The minimum atomic E-state index is 0.760. The van der Waals surface area contributed by atoms with Gasteiger partial charge in [0.1, 0.15) is 0 Å². The van der Waals surface area contributed by atoms with Crippen molar-refractivity contribution in [2.45, 2.75) is 138 Å². The number of nitrogens with one attached hydrogen (secondary N) is 4. The van der Waals surface area contributed by atoms with Crippen LogP contribution in [0.2, 0.25) is 0 Å². The van der Waals surface area contributed by atoms with Crippen molar-refractivity contribution in [1.82, 2.24) is 21.3 Å². The molecular formula is C26H44N4. The van der Waals surface area contributed by atoms with Crippen LogP contribution in [0.4, 0.5) is 0 Å². The fourth-order valence-electron chi connectivity index (χ4n) is 9.56. The van der Waals surface area contributed by atoms with Crippen molar-refractivity contribution in [2.24, 2.45) is 23.7 Å². The zero-order valence-corrected chi connectivity index (χ0v) is 18.8. The Labute approximate surface area is 183 Å². The van der Waals surface area contributed by atoms with Crippen LogP contribution in [0.5, 0.6) is 0 Å². The van der Waals surface area contributed by atoms with E-state index in [1.54, 1.807) is 0 Å². The second-order valence-electron chi connectivity index (χ2n) is 12.5. The van der Waals surface area contributed by atoms with Gasteiger partial charge in [0, 0.05) is 48.3 Å². The van der Waals surface area contributed by atoms with E-state index in [0.717, 1.165) is 72.0 Å². The van der Waals surface area contributed by atoms with Crippen molar-refractivity contribution in [3.05, 3.63) is 0 Å². The molecule has 7 rings (SSSR count). The Morgan fingerprint density at radius 1 is 0.300 bits per heavy atom. The first-order valence-electron chi connectivity index (χ1n) is 13.8. The Morgan fingerprint density at radius 3 is 0.833 bits per heavy atom. The summed E-state index contributed by atoms with van der Waals surface area (Å²) >= 11 is 0. The Balaban J connectivity index is 1.03. The highest BCUT2D eigenvalue weighted by Crippen LogP contribution is 2.51. The molecule has 30 heavy (non-hydrogen) atoms. The first-order valence-corrected chi connectivity index (χ1v) is 13.8. The second-order valence-corrected chi connectivity index (χ2v) is 12.5. The summed E-state index contributed by atoms with van der Waals surface area (Å²) in [5, 5.41) is 16.6. The van der Waals surface area contributed by atoms with Crippen LogP contribution in [0.3, 0.4) is 0 Å². The van der Waals surface area contributed by atoms with Gasteiger partial charge in [0.25, 0.3) is 0 Å². The molecule has 7 fully saturated rings. The quantitative estimate of drug-likeness (QED) is 0.493. The van der Waals surface area contributed by atoms with Gasteiger partial charge in [0.15, 0.2) is 0 Å². The van der Waals surface area contributed by atoms with Crippen molar-refractivity contribution in [3.8, 4) is 0 Å². The third-order valence-corrected chi connectivity index (χ3v) is 11.0. The average Bonchev–Trinajstić information content (AvgIpc) is 2.77. The molecule has 0 aromatic heterocycles. The molecule has 2 heterocycles. The van der Waals surface area contributed by atoms with Gasteiger partial charge < -0.3 is 21.3 Å². The molecule has 12 atom stereocenters. The molecule has 0 amide bonds. The van der Waals surface area contributed by atoms with Crippen molar-refractivity contribution < 1.29 is 0 Å². The molecule has 2 saturated heterocycles. The van der Waals surface area contributed by atoms with E-state index < -0.39 is 0 Å². The highest BCUT2D eigenvalue weighted by Gasteiger charge is 2.50.